The van der Waals surface area contributed by atoms with Crippen molar-refractivity contribution in [2.45, 2.75) is 32.9 Å². The number of rotatable bonds is 5. The average molecular weight is 322 g/mol. The van der Waals surface area contributed by atoms with Crippen LogP contribution in [0, 0.1) is 6.92 Å². The fourth-order valence-electron chi connectivity index (χ4n) is 2.25. The molecule has 0 fully saturated rings. The van der Waals surface area contributed by atoms with E-state index < -0.39 is 6.10 Å². The Kier molecular flexibility index (Phi) is 5.21. The highest BCUT2D eigenvalue weighted by Crippen LogP contribution is 2.16. The number of benzene rings is 1. The molecule has 118 valence electrons. The van der Waals surface area contributed by atoms with Crippen molar-refractivity contribution in [1.82, 2.24) is 15.1 Å². The van der Waals surface area contributed by atoms with Crippen molar-refractivity contribution in [3.63, 3.8) is 0 Å². The molecule has 2 rings (SSSR count). The molecule has 2 aromatic rings. The van der Waals surface area contributed by atoms with Gasteiger partial charge in [0.1, 0.15) is 0 Å². The Hall–Kier alpha value is -1.85. The number of carbonyl (C=O) groups excluding carboxylic acids is 1. The second-order valence-electron chi connectivity index (χ2n) is 5.46. The van der Waals surface area contributed by atoms with Gasteiger partial charge < -0.3 is 10.4 Å². The fourth-order valence-corrected chi connectivity index (χ4v) is 2.38. The number of aromatic nitrogens is 2. The first-order valence-corrected chi connectivity index (χ1v) is 7.53. The van der Waals surface area contributed by atoms with Crippen molar-refractivity contribution in [2.24, 2.45) is 0 Å². The lowest BCUT2D eigenvalue weighted by Gasteiger charge is -2.13. The molecule has 0 bridgehead atoms. The van der Waals surface area contributed by atoms with Crippen LogP contribution in [-0.2, 0) is 0 Å². The van der Waals surface area contributed by atoms with Gasteiger partial charge in [-0.05, 0) is 38.5 Å². The Balaban J connectivity index is 1.99. The Morgan fingerprint density at radius 2 is 2.00 bits per heavy atom. The number of halogens is 1. The monoisotopic (exact) mass is 321 g/mol. The highest BCUT2D eigenvalue weighted by molar-refractivity contribution is 6.30. The van der Waals surface area contributed by atoms with Crippen LogP contribution in [0.4, 0.5) is 0 Å². The third kappa shape index (κ3) is 3.67. The molecule has 1 aromatic heterocycles. The summed E-state index contributed by atoms with van der Waals surface area (Å²) in [6, 6.07) is 7.08. The molecule has 1 heterocycles. The molecule has 0 aliphatic heterocycles. The number of nitrogens with one attached hydrogen (secondary N) is 1. The molecule has 0 aliphatic rings. The summed E-state index contributed by atoms with van der Waals surface area (Å²) < 4.78 is 1.80. The summed E-state index contributed by atoms with van der Waals surface area (Å²) in [5, 5.41) is 17.6. The maximum Gasteiger partial charge on any atom is 0.254 e. The van der Waals surface area contributed by atoms with E-state index in [-0.39, 0.29) is 18.5 Å². The molecule has 22 heavy (non-hydrogen) atoms. The minimum Gasteiger partial charge on any atom is -0.387 e. The molecule has 2 N–H and O–H groups in total. The Bertz CT molecular complexity index is 650. The third-order valence-corrected chi connectivity index (χ3v) is 3.74. The first-order valence-electron chi connectivity index (χ1n) is 7.16. The van der Waals surface area contributed by atoms with E-state index in [1.807, 2.05) is 20.8 Å². The van der Waals surface area contributed by atoms with Crippen molar-refractivity contribution in [3.05, 3.63) is 52.3 Å². The van der Waals surface area contributed by atoms with Crippen molar-refractivity contribution in [1.29, 1.82) is 0 Å². The van der Waals surface area contributed by atoms with Gasteiger partial charge in [-0.25, -0.2) is 0 Å². The van der Waals surface area contributed by atoms with Gasteiger partial charge in [-0.3, -0.25) is 9.48 Å². The minimum atomic E-state index is -0.776. The SMILES string of the molecule is Cc1c(C(=O)NCC(O)c2ccc(Cl)cc2)cnn1C(C)C. The third-order valence-electron chi connectivity index (χ3n) is 3.49. The van der Waals surface area contributed by atoms with Gasteiger partial charge in [-0.2, -0.15) is 5.10 Å². The van der Waals surface area contributed by atoms with Crippen LogP contribution in [-0.4, -0.2) is 27.3 Å². The lowest BCUT2D eigenvalue weighted by molar-refractivity contribution is 0.0915. The molecule has 0 aliphatic carbocycles. The highest BCUT2D eigenvalue weighted by atomic mass is 35.5. The van der Waals surface area contributed by atoms with Gasteiger partial charge in [0.05, 0.1) is 17.9 Å². The molecule has 6 heteroatoms. The maximum absolute atomic E-state index is 12.2. The van der Waals surface area contributed by atoms with Gasteiger partial charge in [-0.1, -0.05) is 23.7 Å². The van der Waals surface area contributed by atoms with Crippen LogP contribution >= 0.6 is 11.6 Å². The van der Waals surface area contributed by atoms with E-state index in [0.717, 1.165) is 5.69 Å². The fraction of sp³-hybridized carbons (Fsp3) is 0.375. The molecule has 1 atom stereocenters. The summed E-state index contributed by atoms with van der Waals surface area (Å²) in [5.74, 6) is -0.239. The number of hydrogen-bond donors (Lipinski definition) is 2. The first-order chi connectivity index (χ1) is 10.4. The summed E-state index contributed by atoms with van der Waals surface area (Å²) in [6.07, 6.45) is 0.779. The molecule has 1 unspecified atom stereocenters. The summed E-state index contributed by atoms with van der Waals surface area (Å²) in [4.78, 5) is 12.2. The molecular weight excluding hydrogens is 302 g/mol. The van der Waals surface area contributed by atoms with E-state index >= 15 is 0 Å². The topological polar surface area (TPSA) is 67.2 Å². The Morgan fingerprint density at radius 3 is 2.55 bits per heavy atom. The number of nitrogens with zero attached hydrogens (tertiary/aromatic N) is 2. The van der Waals surface area contributed by atoms with Crippen LogP contribution in [0.3, 0.4) is 0 Å². The zero-order valence-corrected chi connectivity index (χ0v) is 13.6. The zero-order valence-electron chi connectivity index (χ0n) is 12.9. The predicted octanol–water partition coefficient (Wildman–Crippen LogP) is 2.89. The minimum absolute atomic E-state index is 0.132. The number of aliphatic hydroxyl groups is 1. The number of amides is 1. The van der Waals surface area contributed by atoms with Gasteiger partial charge in [0.25, 0.3) is 5.91 Å². The van der Waals surface area contributed by atoms with E-state index in [4.69, 9.17) is 11.6 Å². The maximum atomic E-state index is 12.2. The quantitative estimate of drug-likeness (QED) is 0.889. The summed E-state index contributed by atoms with van der Waals surface area (Å²) in [5.41, 5.74) is 2.05. The van der Waals surface area contributed by atoms with Crippen LogP contribution in [0.1, 0.15) is 47.6 Å². The average Bonchev–Trinajstić information content (AvgIpc) is 2.87. The van der Waals surface area contributed by atoms with Crippen molar-refractivity contribution in [3.8, 4) is 0 Å². The summed E-state index contributed by atoms with van der Waals surface area (Å²) in [7, 11) is 0. The second-order valence-corrected chi connectivity index (χ2v) is 5.90. The van der Waals surface area contributed by atoms with Crippen molar-refractivity contribution < 1.29 is 9.90 Å². The second kappa shape index (κ2) is 6.94. The van der Waals surface area contributed by atoms with E-state index in [1.54, 1.807) is 35.1 Å². The standard InChI is InChI=1S/C16H20ClN3O2/c1-10(2)20-11(3)14(8-19-20)16(22)18-9-15(21)12-4-6-13(17)7-5-12/h4-8,10,15,21H,9H2,1-3H3,(H,18,22). The van der Waals surface area contributed by atoms with E-state index in [1.165, 1.54) is 0 Å². The molecule has 0 saturated carbocycles. The molecule has 0 radical (unpaired) electrons. The van der Waals surface area contributed by atoms with Gasteiger partial charge in [-0.15, -0.1) is 0 Å². The predicted molar refractivity (Wildman–Crippen MR) is 86.1 cm³/mol. The molecule has 5 nitrogen and oxygen atoms in total. The lowest BCUT2D eigenvalue weighted by atomic mass is 10.1. The van der Waals surface area contributed by atoms with Crippen LogP contribution in [0.15, 0.2) is 30.5 Å². The Morgan fingerprint density at radius 1 is 1.36 bits per heavy atom. The highest BCUT2D eigenvalue weighted by Gasteiger charge is 2.16. The van der Waals surface area contributed by atoms with Gasteiger partial charge in [0.15, 0.2) is 0 Å². The smallest absolute Gasteiger partial charge is 0.254 e. The van der Waals surface area contributed by atoms with Gasteiger partial charge >= 0.3 is 0 Å². The Labute approximate surface area is 134 Å². The van der Waals surface area contributed by atoms with Crippen LogP contribution in [0.25, 0.3) is 0 Å². The van der Waals surface area contributed by atoms with E-state index in [2.05, 4.69) is 10.4 Å². The largest absolute Gasteiger partial charge is 0.387 e. The zero-order chi connectivity index (χ0) is 16.3. The lowest BCUT2D eigenvalue weighted by Crippen LogP contribution is -2.28. The summed E-state index contributed by atoms with van der Waals surface area (Å²) >= 11 is 5.81. The summed E-state index contributed by atoms with van der Waals surface area (Å²) in [6.45, 7) is 6.00. The number of aliphatic hydroxyl groups excluding tert-OH is 1. The molecule has 1 amide bonds. The molecule has 0 spiro atoms. The molecule has 0 saturated heterocycles. The van der Waals surface area contributed by atoms with Crippen LogP contribution < -0.4 is 5.32 Å². The van der Waals surface area contributed by atoms with Gasteiger partial charge in [0.2, 0.25) is 0 Å². The van der Waals surface area contributed by atoms with E-state index in [0.29, 0.717) is 16.1 Å². The number of hydrogen-bond acceptors (Lipinski definition) is 3. The van der Waals surface area contributed by atoms with E-state index in [9.17, 15) is 9.90 Å². The van der Waals surface area contributed by atoms with Crippen LogP contribution in [0.2, 0.25) is 5.02 Å². The van der Waals surface area contributed by atoms with Crippen molar-refractivity contribution >= 4 is 17.5 Å². The van der Waals surface area contributed by atoms with Gasteiger partial charge in [0, 0.05) is 23.3 Å². The molecular formula is C16H20ClN3O2. The number of carbonyl (C=O) groups is 1. The molecule has 1 aromatic carbocycles. The normalized spacial score (nSPS) is 12.5. The van der Waals surface area contributed by atoms with Crippen LogP contribution in [0.5, 0.6) is 0 Å². The van der Waals surface area contributed by atoms with Crippen molar-refractivity contribution in [2.75, 3.05) is 6.54 Å². The first kappa shape index (κ1) is 16.5.